The Bertz CT molecular complexity index is 390. The van der Waals surface area contributed by atoms with Gasteiger partial charge in [0.05, 0.1) is 0 Å². The number of benzene rings is 1. The quantitative estimate of drug-likeness (QED) is 0.626. The van der Waals surface area contributed by atoms with Crippen LogP contribution in [0.4, 0.5) is 0 Å². The van der Waals surface area contributed by atoms with Crippen molar-refractivity contribution in [2.24, 2.45) is 5.92 Å². The molecule has 0 amide bonds. The number of fused-ring (bicyclic) bond motifs is 1. The van der Waals surface area contributed by atoms with Crippen molar-refractivity contribution in [1.29, 1.82) is 0 Å². The van der Waals surface area contributed by atoms with Crippen molar-refractivity contribution in [2.45, 2.75) is 25.2 Å². The third-order valence-corrected chi connectivity index (χ3v) is 3.63. The molecule has 1 aromatic carbocycles. The van der Waals surface area contributed by atoms with E-state index in [4.69, 9.17) is 0 Å². The van der Waals surface area contributed by atoms with E-state index in [0.29, 0.717) is 5.41 Å². The highest BCUT2D eigenvalue weighted by Crippen LogP contribution is 2.62. The number of carbonyl (C=O) groups is 1. The summed E-state index contributed by atoms with van der Waals surface area (Å²) in [7, 11) is 0. The summed E-state index contributed by atoms with van der Waals surface area (Å²) >= 11 is 0. The molecule has 0 N–H and O–H groups in total. The largest absolute Gasteiger partial charge is 0.298 e. The van der Waals surface area contributed by atoms with Crippen LogP contribution in [0, 0.1) is 5.92 Å². The maximum atomic E-state index is 10.6. The predicted molar refractivity (Wildman–Crippen MR) is 51.0 cm³/mol. The lowest BCUT2D eigenvalue weighted by molar-refractivity contribution is 0.112. The minimum atomic E-state index is 0.348. The second-order valence-electron chi connectivity index (χ2n) is 4.40. The second kappa shape index (κ2) is 2.03. The zero-order chi connectivity index (χ0) is 9.05. The lowest BCUT2D eigenvalue weighted by Gasteiger charge is -2.04. The molecule has 13 heavy (non-hydrogen) atoms. The number of rotatable bonds is 2. The van der Waals surface area contributed by atoms with Crippen LogP contribution in [-0.4, -0.2) is 6.29 Å². The first-order valence-corrected chi connectivity index (χ1v) is 4.87. The zero-order valence-corrected chi connectivity index (χ0v) is 7.71. The Labute approximate surface area is 77.8 Å². The third kappa shape index (κ3) is 0.796. The molecule has 1 heteroatoms. The van der Waals surface area contributed by atoms with Crippen LogP contribution in [0.15, 0.2) is 18.2 Å². The van der Waals surface area contributed by atoms with E-state index in [2.05, 4.69) is 19.1 Å². The van der Waals surface area contributed by atoms with Crippen LogP contribution in [0.25, 0.3) is 0 Å². The van der Waals surface area contributed by atoms with Crippen molar-refractivity contribution in [3.63, 3.8) is 0 Å². The van der Waals surface area contributed by atoms with Gasteiger partial charge in [-0.05, 0) is 36.0 Å². The van der Waals surface area contributed by atoms with Crippen molar-refractivity contribution >= 4 is 6.29 Å². The van der Waals surface area contributed by atoms with Gasteiger partial charge in [0, 0.05) is 11.0 Å². The molecule has 0 spiro atoms. The summed E-state index contributed by atoms with van der Waals surface area (Å²) in [6.07, 6.45) is 3.66. The van der Waals surface area contributed by atoms with E-state index in [9.17, 15) is 4.79 Å². The van der Waals surface area contributed by atoms with Crippen LogP contribution in [0.1, 0.15) is 41.3 Å². The standard InChI is InChI=1S/C12H12O/c1-12(9-3-4-9)10-5-2-8(7-13)6-11(10)12/h2,5-7,9H,3-4H2,1H3. The highest BCUT2D eigenvalue weighted by atomic mass is 16.1. The Morgan fingerprint density at radius 2 is 2.15 bits per heavy atom. The van der Waals surface area contributed by atoms with Crippen LogP contribution in [0.3, 0.4) is 0 Å². The maximum Gasteiger partial charge on any atom is 0.150 e. The van der Waals surface area contributed by atoms with Gasteiger partial charge in [0.25, 0.3) is 0 Å². The van der Waals surface area contributed by atoms with Gasteiger partial charge in [-0.15, -0.1) is 0 Å². The van der Waals surface area contributed by atoms with Crippen LogP contribution in [0.2, 0.25) is 0 Å². The normalized spacial score (nSPS) is 29.6. The molecule has 2 aliphatic rings. The Hall–Kier alpha value is -1.11. The highest BCUT2D eigenvalue weighted by molar-refractivity contribution is 5.78. The van der Waals surface area contributed by atoms with Gasteiger partial charge >= 0.3 is 0 Å². The fraction of sp³-hybridized carbons (Fsp3) is 0.417. The Balaban J connectivity index is 2.04. The third-order valence-electron chi connectivity index (χ3n) is 3.63. The molecule has 1 aromatic rings. The van der Waals surface area contributed by atoms with Crippen LogP contribution < -0.4 is 0 Å². The summed E-state index contributed by atoms with van der Waals surface area (Å²) in [5.41, 5.74) is 4.06. The summed E-state index contributed by atoms with van der Waals surface area (Å²) in [6, 6.07) is 6.11. The SMILES string of the molecule is CC1(C2CC2)c2ccc(C=O)cc21. The molecule has 0 radical (unpaired) electrons. The van der Waals surface area contributed by atoms with Gasteiger partial charge in [0.2, 0.25) is 0 Å². The first-order chi connectivity index (χ1) is 6.26. The number of carbonyl (C=O) groups excluding carboxylic acids is 1. The van der Waals surface area contributed by atoms with Crippen molar-refractivity contribution in [3.05, 3.63) is 34.9 Å². The van der Waals surface area contributed by atoms with Gasteiger partial charge in [-0.2, -0.15) is 0 Å². The lowest BCUT2D eigenvalue weighted by atomic mass is 9.98. The smallest absolute Gasteiger partial charge is 0.150 e. The number of hydrogen-bond donors (Lipinski definition) is 0. The monoisotopic (exact) mass is 172 g/mol. The van der Waals surface area contributed by atoms with Gasteiger partial charge in [0.15, 0.2) is 0 Å². The second-order valence-corrected chi connectivity index (χ2v) is 4.40. The molecule has 1 unspecified atom stereocenters. The molecule has 1 nitrogen and oxygen atoms in total. The zero-order valence-electron chi connectivity index (χ0n) is 7.71. The van der Waals surface area contributed by atoms with Crippen LogP contribution in [0.5, 0.6) is 0 Å². The van der Waals surface area contributed by atoms with E-state index < -0.39 is 0 Å². The molecule has 2 aliphatic carbocycles. The first kappa shape index (κ1) is 7.31. The highest BCUT2D eigenvalue weighted by Gasteiger charge is 2.55. The van der Waals surface area contributed by atoms with Crippen molar-refractivity contribution in [1.82, 2.24) is 0 Å². The Morgan fingerprint density at radius 1 is 1.38 bits per heavy atom. The van der Waals surface area contributed by atoms with Crippen LogP contribution >= 0.6 is 0 Å². The molecule has 1 saturated carbocycles. The lowest BCUT2D eigenvalue weighted by Crippen LogP contribution is -2.03. The molecule has 0 aliphatic heterocycles. The molecule has 0 heterocycles. The Morgan fingerprint density at radius 3 is 2.77 bits per heavy atom. The van der Waals surface area contributed by atoms with Gasteiger partial charge in [0.1, 0.15) is 6.29 Å². The summed E-state index contributed by atoms with van der Waals surface area (Å²) in [5, 5.41) is 0. The summed E-state index contributed by atoms with van der Waals surface area (Å²) < 4.78 is 0. The number of aldehydes is 1. The van der Waals surface area contributed by atoms with E-state index in [1.54, 1.807) is 0 Å². The number of hydrogen-bond acceptors (Lipinski definition) is 1. The molecule has 3 rings (SSSR count). The van der Waals surface area contributed by atoms with Gasteiger partial charge in [-0.25, -0.2) is 0 Å². The molecule has 1 atom stereocenters. The van der Waals surface area contributed by atoms with E-state index in [0.717, 1.165) is 17.8 Å². The minimum Gasteiger partial charge on any atom is -0.298 e. The predicted octanol–water partition coefficient (Wildman–Crippen LogP) is 2.53. The molecule has 0 saturated heterocycles. The fourth-order valence-corrected chi connectivity index (χ4v) is 2.50. The van der Waals surface area contributed by atoms with Crippen molar-refractivity contribution in [3.8, 4) is 0 Å². The molecule has 66 valence electrons. The topological polar surface area (TPSA) is 17.1 Å². The van der Waals surface area contributed by atoms with Crippen molar-refractivity contribution < 1.29 is 4.79 Å². The average molecular weight is 172 g/mol. The van der Waals surface area contributed by atoms with Gasteiger partial charge < -0.3 is 0 Å². The molecule has 0 aromatic heterocycles. The van der Waals surface area contributed by atoms with E-state index >= 15 is 0 Å². The summed E-state index contributed by atoms with van der Waals surface area (Å²) in [6.45, 7) is 2.31. The minimum absolute atomic E-state index is 0.348. The van der Waals surface area contributed by atoms with Crippen LogP contribution in [-0.2, 0) is 5.41 Å². The maximum absolute atomic E-state index is 10.6. The molecular weight excluding hydrogens is 160 g/mol. The molecule has 1 fully saturated rings. The Kier molecular flexibility index (Phi) is 1.14. The first-order valence-electron chi connectivity index (χ1n) is 4.87. The van der Waals surface area contributed by atoms with Gasteiger partial charge in [-0.1, -0.05) is 19.1 Å². The summed E-state index contributed by atoms with van der Waals surface area (Å²) in [4.78, 5) is 10.6. The van der Waals surface area contributed by atoms with E-state index in [1.807, 2.05) is 6.07 Å². The van der Waals surface area contributed by atoms with Gasteiger partial charge in [-0.3, -0.25) is 4.79 Å². The summed E-state index contributed by atoms with van der Waals surface area (Å²) in [5.74, 6) is 0.865. The molecular formula is C12H12O. The average Bonchev–Trinajstić information content (AvgIpc) is 3.03. The van der Waals surface area contributed by atoms with E-state index in [1.165, 1.54) is 24.0 Å². The van der Waals surface area contributed by atoms with E-state index in [-0.39, 0.29) is 0 Å². The fourth-order valence-electron chi connectivity index (χ4n) is 2.50. The van der Waals surface area contributed by atoms with Crippen molar-refractivity contribution in [2.75, 3.05) is 0 Å². The molecule has 0 bridgehead atoms.